The third-order valence-corrected chi connectivity index (χ3v) is 5.63. The van der Waals surface area contributed by atoms with Crippen molar-refractivity contribution < 1.29 is 4.79 Å². The van der Waals surface area contributed by atoms with E-state index >= 15 is 0 Å². The molecule has 1 fully saturated rings. The molecule has 1 amide bonds. The number of carbonyl (C=O) groups excluding carboxylic acids is 1. The maximum atomic E-state index is 11.7. The highest BCUT2D eigenvalue weighted by Crippen LogP contribution is 2.24. The Hall–Kier alpha value is -2.13. The molecule has 1 heterocycles. The van der Waals surface area contributed by atoms with Crippen LogP contribution in [-0.4, -0.2) is 43.4 Å². The number of hydrogen-bond donors (Lipinski definition) is 3. The molecule has 2 aromatic rings. The number of anilines is 1. The van der Waals surface area contributed by atoms with Crippen molar-refractivity contribution in [2.45, 2.75) is 45.2 Å². The molecule has 0 aliphatic carbocycles. The van der Waals surface area contributed by atoms with Crippen LogP contribution in [0.3, 0.4) is 0 Å². The summed E-state index contributed by atoms with van der Waals surface area (Å²) in [6.07, 6.45) is 3.94. The van der Waals surface area contributed by atoms with Crippen LogP contribution in [0.1, 0.15) is 49.8 Å². The van der Waals surface area contributed by atoms with Crippen LogP contribution in [0, 0.1) is 0 Å². The fourth-order valence-corrected chi connectivity index (χ4v) is 3.94. The predicted molar refractivity (Wildman–Crippen MR) is 144 cm³/mol. The summed E-state index contributed by atoms with van der Waals surface area (Å²) in [6, 6.07) is 19.0. The van der Waals surface area contributed by atoms with Gasteiger partial charge in [-0.3, -0.25) is 14.7 Å². The van der Waals surface area contributed by atoms with Gasteiger partial charge in [-0.05, 0) is 55.6 Å². The van der Waals surface area contributed by atoms with Gasteiger partial charge >= 0.3 is 0 Å². The van der Waals surface area contributed by atoms with Crippen LogP contribution in [0.25, 0.3) is 0 Å². The molecule has 1 saturated heterocycles. The minimum Gasteiger partial charge on any atom is -0.354 e. The molecule has 3 rings (SSSR count). The van der Waals surface area contributed by atoms with Crippen LogP contribution < -0.4 is 16.0 Å². The van der Waals surface area contributed by atoms with Crippen LogP contribution >= 0.6 is 24.0 Å². The van der Waals surface area contributed by atoms with Gasteiger partial charge in [0.1, 0.15) is 0 Å². The first-order valence-corrected chi connectivity index (χ1v) is 11.3. The van der Waals surface area contributed by atoms with Gasteiger partial charge < -0.3 is 16.0 Å². The van der Waals surface area contributed by atoms with Gasteiger partial charge in [-0.15, -0.1) is 24.0 Å². The lowest BCUT2D eigenvalue weighted by molar-refractivity contribution is -0.116. The number of nitrogens with zero attached hydrogens (tertiary/aromatic N) is 2. The molecule has 1 atom stereocenters. The van der Waals surface area contributed by atoms with Gasteiger partial charge in [0.2, 0.25) is 5.91 Å². The Bertz CT molecular complexity index is 835. The number of likely N-dealkylation sites (tertiary alicyclic amines) is 1. The molecule has 0 saturated carbocycles. The standard InChI is InChI=1S/C25H35N5O.HI/c1-3-9-24(31)29-22-14-12-20(13-15-22)18-27-25(26-2)28-19-23(30-16-7-8-17-30)21-10-5-4-6-11-21;/h4-6,10-15,23H,3,7-9,16-19H2,1-2H3,(H,29,31)(H2,26,27,28);1H. The van der Waals surface area contributed by atoms with Crippen LogP contribution in [0.4, 0.5) is 5.69 Å². The number of halogens is 1. The minimum atomic E-state index is 0. The average molecular weight is 550 g/mol. The van der Waals surface area contributed by atoms with E-state index in [-0.39, 0.29) is 29.9 Å². The summed E-state index contributed by atoms with van der Waals surface area (Å²) in [5.41, 5.74) is 3.31. The molecule has 1 aliphatic heterocycles. The van der Waals surface area contributed by atoms with Crippen molar-refractivity contribution in [3.8, 4) is 0 Å². The lowest BCUT2D eigenvalue weighted by Gasteiger charge is -2.29. The predicted octanol–water partition coefficient (Wildman–Crippen LogP) is 4.55. The first-order chi connectivity index (χ1) is 15.2. The molecule has 6 nitrogen and oxygen atoms in total. The summed E-state index contributed by atoms with van der Waals surface area (Å²) in [4.78, 5) is 18.7. The number of benzene rings is 2. The first kappa shape index (κ1) is 26.1. The van der Waals surface area contributed by atoms with Gasteiger partial charge in [-0.25, -0.2) is 0 Å². The van der Waals surface area contributed by atoms with Gasteiger partial charge in [-0.1, -0.05) is 49.4 Å². The normalized spacial score (nSPS) is 15.0. The van der Waals surface area contributed by atoms with E-state index in [1.54, 1.807) is 7.05 Å². The average Bonchev–Trinajstić information content (AvgIpc) is 3.32. The summed E-state index contributed by atoms with van der Waals surface area (Å²) in [5, 5.41) is 9.82. The van der Waals surface area contributed by atoms with Gasteiger partial charge in [-0.2, -0.15) is 0 Å². The number of carbonyl (C=O) groups is 1. The van der Waals surface area contributed by atoms with Gasteiger partial charge in [0.05, 0.1) is 6.04 Å². The van der Waals surface area contributed by atoms with Crippen LogP contribution in [0.15, 0.2) is 59.6 Å². The molecule has 1 aliphatic rings. The summed E-state index contributed by atoms with van der Waals surface area (Å²) in [5.74, 6) is 0.851. The number of rotatable bonds is 9. The molecule has 2 aromatic carbocycles. The van der Waals surface area contributed by atoms with E-state index in [2.05, 4.69) is 56.2 Å². The number of nitrogens with one attached hydrogen (secondary N) is 3. The van der Waals surface area contributed by atoms with Crippen molar-refractivity contribution in [1.82, 2.24) is 15.5 Å². The molecule has 0 spiro atoms. The molecular formula is C25H36IN5O. The molecule has 0 bridgehead atoms. The van der Waals surface area contributed by atoms with E-state index in [0.717, 1.165) is 43.3 Å². The summed E-state index contributed by atoms with van der Waals surface area (Å²) >= 11 is 0. The van der Waals surface area contributed by atoms with Gasteiger partial charge in [0.15, 0.2) is 5.96 Å². The zero-order valence-corrected chi connectivity index (χ0v) is 21.5. The zero-order valence-electron chi connectivity index (χ0n) is 19.1. The van der Waals surface area contributed by atoms with Crippen molar-refractivity contribution in [3.63, 3.8) is 0 Å². The highest BCUT2D eigenvalue weighted by molar-refractivity contribution is 14.0. The summed E-state index contributed by atoms with van der Waals surface area (Å²) in [6.45, 7) is 5.78. The van der Waals surface area contributed by atoms with Crippen LogP contribution in [-0.2, 0) is 11.3 Å². The number of guanidine groups is 1. The lowest BCUT2D eigenvalue weighted by atomic mass is 10.1. The topological polar surface area (TPSA) is 68.8 Å². The minimum absolute atomic E-state index is 0. The van der Waals surface area contributed by atoms with E-state index in [9.17, 15) is 4.79 Å². The zero-order chi connectivity index (χ0) is 21.9. The third kappa shape index (κ3) is 8.09. The van der Waals surface area contributed by atoms with Crippen molar-refractivity contribution in [2.24, 2.45) is 4.99 Å². The van der Waals surface area contributed by atoms with Crippen molar-refractivity contribution in [2.75, 3.05) is 32.0 Å². The van der Waals surface area contributed by atoms with Crippen LogP contribution in [0.5, 0.6) is 0 Å². The van der Waals surface area contributed by atoms with Crippen molar-refractivity contribution in [3.05, 3.63) is 65.7 Å². The Labute approximate surface area is 209 Å². The number of amides is 1. The molecule has 32 heavy (non-hydrogen) atoms. The maximum absolute atomic E-state index is 11.7. The smallest absolute Gasteiger partial charge is 0.224 e. The van der Waals surface area contributed by atoms with E-state index < -0.39 is 0 Å². The molecule has 1 unspecified atom stereocenters. The fourth-order valence-electron chi connectivity index (χ4n) is 3.94. The molecule has 0 radical (unpaired) electrons. The Kier molecular flexibility index (Phi) is 11.5. The second-order valence-corrected chi connectivity index (χ2v) is 7.97. The summed E-state index contributed by atoms with van der Waals surface area (Å²) < 4.78 is 0. The first-order valence-electron chi connectivity index (χ1n) is 11.3. The second-order valence-electron chi connectivity index (χ2n) is 7.97. The lowest BCUT2D eigenvalue weighted by Crippen LogP contribution is -2.42. The Morgan fingerprint density at radius 2 is 1.72 bits per heavy atom. The highest BCUT2D eigenvalue weighted by Gasteiger charge is 2.23. The Balaban J connectivity index is 0.00000363. The second kappa shape index (κ2) is 14.1. The number of aliphatic imine (C=N–C) groups is 1. The monoisotopic (exact) mass is 549 g/mol. The summed E-state index contributed by atoms with van der Waals surface area (Å²) in [7, 11) is 1.80. The van der Waals surface area contributed by atoms with Gasteiger partial charge in [0.25, 0.3) is 0 Å². The Morgan fingerprint density at radius 1 is 1.03 bits per heavy atom. The SMILES string of the molecule is CCCC(=O)Nc1ccc(CNC(=NC)NCC(c2ccccc2)N2CCCC2)cc1.I. The van der Waals surface area contributed by atoms with Crippen molar-refractivity contribution >= 4 is 41.5 Å². The van der Waals surface area contributed by atoms with E-state index in [4.69, 9.17) is 0 Å². The van der Waals surface area contributed by atoms with Crippen molar-refractivity contribution in [1.29, 1.82) is 0 Å². The van der Waals surface area contributed by atoms with E-state index in [0.29, 0.717) is 19.0 Å². The van der Waals surface area contributed by atoms with E-state index in [1.807, 2.05) is 31.2 Å². The molecule has 7 heteroatoms. The largest absolute Gasteiger partial charge is 0.354 e. The molecule has 174 valence electrons. The maximum Gasteiger partial charge on any atom is 0.224 e. The number of hydrogen-bond acceptors (Lipinski definition) is 3. The molecule has 0 aromatic heterocycles. The fraction of sp³-hybridized carbons (Fsp3) is 0.440. The third-order valence-electron chi connectivity index (χ3n) is 5.63. The quantitative estimate of drug-likeness (QED) is 0.244. The van der Waals surface area contributed by atoms with Gasteiger partial charge in [0, 0.05) is 32.2 Å². The highest BCUT2D eigenvalue weighted by atomic mass is 127. The Morgan fingerprint density at radius 3 is 2.34 bits per heavy atom. The molecular weight excluding hydrogens is 513 g/mol. The molecule has 3 N–H and O–H groups in total. The van der Waals surface area contributed by atoms with E-state index in [1.165, 1.54) is 18.4 Å². The van der Waals surface area contributed by atoms with Crippen LogP contribution in [0.2, 0.25) is 0 Å².